The average Bonchev–Trinajstić information content (AvgIpc) is 3.25. The monoisotopic (exact) mass is 265 g/mol. The van der Waals surface area contributed by atoms with Crippen molar-refractivity contribution in [1.29, 1.82) is 0 Å². The van der Waals surface area contributed by atoms with Crippen LogP contribution in [0.2, 0.25) is 0 Å². The van der Waals surface area contributed by atoms with E-state index in [0.29, 0.717) is 6.54 Å². The largest absolute Gasteiger partial charge is 0.356 e. The van der Waals surface area contributed by atoms with Crippen molar-refractivity contribution in [3.8, 4) is 0 Å². The Balaban J connectivity index is 1.93. The van der Waals surface area contributed by atoms with Gasteiger partial charge in [0.25, 0.3) is 0 Å². The normalized spacial score (nSPS) is 19.1. The van der Waals surface area contributed by atoms with Crippen molar-refractivity contribution in [1.82, 2.24) is 0 Å². The van der Waals surface area contributed by atoms with E-state index >= 15 is 0 Å². The van der Waals surface area contributed by atoms with Crippen LogP contribution in [0.4, 0.5) is 0 Å². The number of rotatable bonds is 5. The quantitative estimate of drug-likeness (QED) is 0.348. The maximum absolute atomic E-state index is 8.38. The van der Waals surface area contributed by atoms with Gasteiger partial charge in [-0.25, -0.2) is 0 Å². The highest BCUT2D eigenvalue weighted by Crippen LogP contribution is 2.52. The summed E-state index contributed by atoms with van der Waals surface area (Å²) in [6, 6.07) is 20.4. The van der Waals surface area contributed by atoms with Crippen LogP contribution in [-0.2, 0) is 10.3 Å². The van der Waals surface area contributed by atoms with E-state index in [9.17, 15) is 0 Å². The van der Waals surface area contributed by atoms with Gasteiger partial charge in [0.05, 0.1) is 6.10 Å². The minimum atomic E-state index is -0.381. The highest BCUT2D eigenvalue weighted by atomic mass is 16.6. The summed E-state index contributed by atoms with van der Waals surface area (Å²) in [7, 11) is 0. The van der Waals surface area contributed by atoms with Crippen LogP contribution in [-0.4, -0.2) is 12.6 Å². The van der Waals surface area contributed by atoms with Crippen LogP contribution < -0.4 is 0 Å². The van der Waals surface area contributed by atoms with E-state index in [1.54, 1.807) is 0 Å². The van der Waals surface area contributed by atoms with Crippen molar-refractivity contribution in [3.05, 3.63) is 82.2 Å². The molecule has 1 aliphatic heterocycles. The predicted octanol–water partition coefficient (Wildman–Crippen LogP) is 4.03. The number of epoxide rings is 1. The van der Waals surface area contributed by atoms with E-state index in [1.807, 2.05) is 36.4 Å². The molecular weight excluding hydrogens is 250 g/mol. The SMILES string of the molecule is [N-]=[N+]=NCCC1OC1(c1ccccc1)c1ccccc1. The molecule has 0 spiro atoms. The minimum Gasteiger partial charge on any atom is -0.356 e. The zero-order valence-electron chi connectivity index (χ0n) is 11.0. The molecule has 4 heteroatoms. The van der Waals surface area contributed by atoms with Crippen molar-refractivity contribution >= 4 is 0 Å². The Kier molecular flexibility index (Phi) is 3.42. The second-order valence-corrected chi connectivity index (χ2v) is 4.82. The molecule has 2 aromatic rings. The molecule has 0 amide bonds. The number of benzene rings is 2. The van der Waals surface area contributed by atoms with E-state index < -0.39 is 0 Å². The first-order valence-electron chi connectivity index (χ1n) is 6.67. The molecule has 1 saturated heterocycles. The Hall–Kier alpha value is -2.29. The lowest BCUT2D eigenvalue weighted by Gasteiger charge is -2.14. The van der Waals surface area contributed by atoms with Gasteiger partial charge in [-0.15, -0.1) is 0 Å². The molecule has 0 aliphatic carbocycles. The van der Waals surface area contributed by atoms with Gasteiger partial charge in [0.1, 0.15) is 5.60 Å². The molecule has 0 saturated carbocycles. The van der Waals surface area contributed by atoms with Crippen LogP contribution in [0.3, 0.4) is 0 Å². The van der Waals surface area contributed by atoms with E-state index in [2.05, 4.69) is 34.3 Å². The van der Waals surface area contributed by atoms with Gasteiger partial charge >= 0.3 is 0 Å². The second kappa shape index (κ2) is 5.37. The third-order valence-corrected chi connectivity index (χ3v) is 3.68. The van der Waals surface area contributed by atoms with Crippen LogP contribution in [0.15, 0.2) is 65.8 Å². The van der Waals surface area contributed by atoms with Gasteiger partial charge in [-0.2, -0.15) is 0 Å². The van der Waals surface area contributed by atoms with Gasteiger partial charge in [-0.3, -0.25) is 0 Å². The molecule has 2 aromatic carbocycles. The number of nitrogens with zero attached hydrogens (tertiary/aromatic N) is 3. The Morgan fingerprint density at radius 1 is 1.00 bits per heavy atom. The Bertz CT molecular complexity index is 581. The van der Waals surface area contributed by atoms with Crippen molar-refractivity contribution in [2.45, 2.75) is 18.1 Å². The fourth-order valence-corrected chi connectivity index (χ4v) is 2.72. The lowest BCUT2D eigenvalue weighted by Crippen LogP contribution is -2.15. The summed E-state index contributed by atoms with van der Waals surface area (Å²) in [6.07, 6.45) is 0.797. The van der Waals surface area contributed by atoms with Gasteiger partial charge in [0.2, 0.25) is 0 Å². The molecule has 0 aromatic heterocycles. The van der Waals surface area contributed by atoms with Crippen LogP contribution in [0.1, 0.15) is 17.5 Å². The van der Waals surface area contributed by atoms with Crippen molar-refractivity contribution < 1.29 is 4.74 Å². The molecule has 0 bridgehead atoms. The maximum Gasteiger partial charge on any atom is 0.145 e. The molecule has 1 aliphatic rings. The summed E-state index contributed by atoms with van der Waals surface area (Å²) < 4.78 is 6.04. The second-order valence-electron chi connectivity index (χ2n) is 4.82. The topological polar surface area (TPSA) is 61.3 Å². The zero-order valence-corrected chi connectivity index (χ0v) is 11.0. The van der Waals surface area contributed by atoms with Crippen molar-refractivity contribution in [2.24, 2.45) is 5.11 Å². The molecule has 1 atom stereocenters. The molecule has 1 unspecified atom stereocenters. The van der Waals surface area contributed by atoms with Crippen molar-refractivity contribution in [3.63, 3.8) is 0 Å². The number of hydrogen-bond acceptors (Lipinski definition) is 2. The first-order valence-corrected chi connectivity index (χ1v) is 6.67. The van der Waals surface area contributed by atoms with Crippen LogP contribution in [0.5, 0.6) is 0 Å². The smallest absolute Gasteiger partial charge is 0.145 e. The molecule has 100 valence electrons. The summed E-state index contributed by atoms with van der Waals surface area (Å²) in [5.41, 5.74) is 10.3. The van der Waals surface area contributed by atoms with Crippen LogP contribution in [0, 0.1) is 0 Å². The summed E-state index contributed by atoms with van der Waals surface area (Å²) in [4.78, 5) is 2.80. The standard InChI is InChI=1S/C16H15N3O/c17-19-18-12-11-15-16(20-15,13-7-3-1-4-8-13)14-9-5-2-6-10-14/h1-10,15H,11-12H2. The molecule has 1 heterocycles. The number of ether oxygens (including phenoxy) is 1. The first kappa shape index (κ1) is 12.7. The number of hydrogen-bond donors (Lipinski definition) is 0. The van der Waals surface area contributed by atoms with Gasteiger partial charge in [0.15, 0.2) is 0 Å². The first-order chi connectivity index (χ1) is 9.88. The fourth-order valence-electron chi connectivity index (χ4n) is 2.72. The Morgan fingerprint density at radius 2 is 1.55 bits per heavy atom. The minimum absolute atomic E-state index is 0.0674. The van der Waals surface area contributed by atoms with Crippen molar-refractivity contribution in [2.75, 3.05) is 6.54 Å². The van der Waals surface area contributed by atoms with Crippen LogP contribution in [0.25, 0.3) is 10.4 Å². The highest BCUT2D eigenvalue weighted by Gasteiger charge is 2.58. The lowest BCUT2D eigenvalue weighted by molar-refractivity contribution is 0.324. The molecule has 3 rings (SSSR count). The van der Waals surface area contributed by atoms with Gasteiger partial charge in [-0.1, -0.05) is 65.8 Å². The van der Waals surface area contributed by atoms with Gasteiger partial charge in [-0.05, 0) is 23.1 Å². The Morgan fingerprint density at radius 3 is 2.05 bits per heavy atom. The van der Waals surface area contributed by atoms with Crippen LogP contribution >= 0.6 is 0 Å². The van der Waals surface area contributed by atoms with E-state index in [0.717, 1.165) is 17.5 Å². The van der Waals surface area contributed by atoms with Gasteiger partial charge in [0, 0.05) is 11.5 Å². The van der Waals surface area contributed by atoms with E-state index in [1.165, 1.54) is 0 Å². The zero-order chi connectivity index (χ0) is 13.8. The maximum atomic E-state index is 8.38. The molecule has 0 N–H and O–H groups in total. The van der Waals surface area contributed by atoms with E-state index in [4.69, 9.17) is 10.3 Å². The molecule has 0 radical (unpaired) electrons. The average molecular weight is 265 g/mol. The molecular formula is C16H15N3O. The van der Waals surface area contributed by atoms with Gasteiger partial charge < -0.3 is 4.74 Å². The molecule has 20 heavy (non-hydrogen) atoms. The van der Waals surface area contributed by atoms with E-state index in [-0.39, 0.29) is 11.7 Å². The molecule has 1 fully saturated rings. The highest BCUT2D eigenvalue weighted by molar-refractivity contribution is 5.42. The summed E-state index contributed by atoms with van der Waals surface area (Å²) in [5.74, 6) is 0. The molecule has 4 nitrogen and oxygen atoms in total. The third-order valence-electron chi connectivity index (χ3n) is 3.68. The Labute approximate surface area is 117 Å². The summed E-state index contributed by atoms with van der Waals surface area (Å²) in [6.45, 7) is 0.461. The summed E-state index contributed by atoms with van der Waals surface area (Å²) >= 11 is 0. The predicted molar refractivity (Wildman–Crippen MR) is 77.2 cm³/mol. The lowest BCUT2D eigenvalue weighted by atomic mass is 9.87. The third kappa shape index (κ3) is 2.16. The fraction of sp³-hybridized carbons (Fsp3) is 0.250. The summed E-state index contributed by atoms with van der Waals surface area (Å²) in [5, 5.41) is 3.61. The number of azide groups is 1.